The first-order chi connectivity index (χ1) is 15.2. The topological polar surface area (TPSA) is 103 Å². The predicted molar refractivity (Wildman–Crippen MR) is 117 cm³/mol. The third-order valence-corrected chi connectivity index (χ3v) is 4.87. The number of rotatable bonds is 10. The zero-order chi connectivity index (χ0) is 21.9. The molecule has 3 aromatic rings. The summed E-state index contributed by atoms with van der Waals surface area (Å²) < 4.78 is 16.4. The standard InChI is InChI=1S/C22H23N3O5S/c1-2-28-18-10-6-7-11-19(18)29-13-20(26)24-25-21(27)15-31-14-17-12-30-22(23-17)16-8-4-3-5-9-16/h3-12H,2,13-15H2,1H3,(H,24,26)(H,25,27). The van der Waals surface area contributed by atoms with E-state index < -0.39 is 5.91 Å². The maximum Gasteiger partial charge on any atom is 0.276 e. The molecule has 0 bridgehead atoms. The van der Waals surface area contributed by atoms with Gasteiger partial charge in [0, 0.05) is 11.3 Å². The van der Waals surface area contributed by atoms with E-state index in [0.717, 1.165) is 11.3 Å². The van der Waals surface area contributed by atoms with Gasteiger partial charge in [0.25, 0.3) is 5.91 Å². The highest BCUT2D eigenvalue weighted by atomic mass is 32.2. The largest absolute Gasteiger partial charge is 0.490 e. The van der Waals surface area contributed by atoms with Crippen LogP contribution < -0.4 is 20.3 Å². The molecule has 8 nitrogen and oxygen atoms in total. The third kappa shape index (κ3) is 7.07. The fourth-order valence-corrected chi connectivity index (χ4v) is 3.24. The van der Waals surface area contributed by atoms with E-state index in [0.29, 0.717) is 29.7 Å². The molecule has 0 aliphatic heterocycles. The van der Waals surface area contributed by atoms with Crippen molar-refractivity contribution in [1.29, 1.82) is 0 Å². The fraction of sp³-hybridized carbons (Fsp3) is 0.227. The number of thioether (sulfide) groups is 1. The molecule has 3 rings (SSSR count). The summed E-state index contributed by atoms with van der Waals surface area (Å²) in [5, 5.41) is 0. The van der Waals surface area contributed by atoms with Crippen molar-refractivity contribution in [2.45, 2.75) is 12.7 Å². The van der Waals surface area contributed by atoms with Gasteiger partial charge in [-0.25, -0.2) is 4.98 Å². The number of amides is 2. The zero-order valence-electron chi connectivity index (χ0n) is 17.0. The maximum atomic E-state index is 11.9. The van der Waals surface area contributed by atoms with Crippen LogP contribution in [-0.4, -0.2) is 35.8 Å². The number of nitrogens with zero attached hydrogens (tertiary/aromatic N) is 1. The Morgan fingerprint density at radius 2 is 1.65 bits per heavy atom. The quantitative estimate of drug-likeness (QED) is 0.466. The van der Waals surface area contributed by atoms with Gasteiger partial charge in [-0.05, 0) is 31.2 Å². The monoisotopic (exact) mass is 441 g/mol. The number of hydrazine groups is 1. The maximum absolute atomic E-state index is 11.9. The van der Waals surface area contributed by atoms with E-state index in [-0.39, 0.29) is 18.3 Å². The molecule has 9 heteroatoms. The van der Waals surface area contributed by atoms with Gasteiger partial charge in [-0.3, -0.25) is 20.4 Å². The number of para-hydroxylation sites is 2. The molecule has 0 aliphatic rings. The van der Waals surface area contributed by atoms with Crippen LogP contribution in [0.3, 0.4) is 0 Å². The van der Waals surface area contributed by atoms with E-state index >= 15 is 0 Å². The third-order valence-electron chi connectivity index (χ3n) is 3.90. The second kappa shape index (κ2) is 11.7. The van der Waals surface area contributed by atoms with Gasteiger partial charge in [0.05, 0.1) is 18.1 Å². The number of hydrogen-bond donors (Lipinski definition) is 2. The SMILES string of the molecule is CCOc1ccccc1OCC(=O)NNC(=O)CSCc1coc(-c2ccccc2)n1. The Balaban J connectivity index is 1.34. The minimum absolute atomic E-state index is 0.155. The molecule has 0 atom stereocenters. The van der Waals surface area contributed by atoms with Crippen LogP contribution in [-0.2, 0) is 15.3 Å². The Morgan fingerprint density at radius 1 is 0.968 bits per heavy atom. The van der Waals surface area contributed by atoms with Gasteiger partial charge in [-0.2, -0.15) is 0 Å². The van der Waals surface area contributed by atoms with Crippen molar-refractivity contribution in [3.8, 4) is 23.0 Å². The van der Waals surface area contributed by atoms with Crippen LogP contribution in [0.25, 0.3) is 11.5 Å². The van der Waals surface area contributed by atoms with Crippen molar-refractivity contribution in [3.05, 3.63) is 66.6 Å². The van der Waals surface area contributed by atoms with E-state index in [1.54, 1.807) is 24.5 Å². The van der Waals surface area contributed by atoms with Crippen molar-refractivity contribution in [3.63, 3.8) is 0 Å². The lowest BCUT2D eigenvalue weighted by atomic mass is 10.2. The van der Waals surface area contributed by atoms with Gasteiger partial charge < -0.3 is 13.9 Å². The van der Waals surface area contributed by atoms with Gasteiger partial charge in [-0.15, -0.1) is 11.8 Å². The molecule has 0 aliphatic carbocycles. The second-order valence-corrected chi connectivity index (χ2v) is 7.25. The molecule has 1 heterocycles. The minimum Gasteiger partial charge on any atom is -0.490 e. The van der Waals surface area contributed by atoms with E-state index in [2.05, 4.69) is 15.8 Å². The summed E-state index contributed by atoms with van der Waals surface area (Å²) in [5.41, 5.74) is 6.32. The van der Waals surface area contributed by atoms with Gasteiger partial charge in [0.15, 0.2) is 18.1 Å². The van der Waals surface area contributed by atoms with Crippen LogP contribution in [0.5, 0.6) is 11.5 Å². The number of hydrogen-bond acceptors (Lipinski definition) is 7. The summed E-state index contributed by atoms with van der Waals surface area (Å²) in [5.74, 6) is 1.41. The van der Waals surface area contributed by atoms with Crippen LogP contribution in [0.15, 0.2) is 65.3 Å². The Kier molecular flexibility index (Phi) is 8.36. The van der Waals surface area contributed by atoms with Gasteiger partial charge in [0.1, 0.15) is 6.26 Å². The van der Waals surface area contributed by atoms with Crippen LogP contribution in [0.2, 0.25) is 0 Å². The first-order valence-electron chi connectivity index (χ1n) is 9.65. The van der Waals surface area contributed by atoms with Gasteiger partial charge >= 0.3 is 0 Å². The summed E-state index contributed by atoms with van der Waals surface area (Å²) in [4.78, 5) is 28.2. The van der Waals surface area contributed by atoms with Crippen LogP contribution in [0.4, 0.5) is 0 Å². The van der Waals surface area contributed by atoms with E-state index in [4.69, 9.17) is 13.9 Å². The van der Waals surface area contributed by atoms with E-state index in [9.17, 15) is 9.59 Å². The molecular weight excluding hydrogens is 418 g/mol. The summed E-state index contributed by atoms with van der Waals surface area (Å²) in [6.45, 7) is 2.10. The van der Waals surface area contributed by atoms with E-state index in [1.807, 2.05) is 43.3 Å². The molecular formula is C22H23N3O5S. The number of ether oxygens (including phenoxy) is 2. The molecule has 0 fully saturated rings. The molecule has 2 amide bonds. The second-order valence-electron chi connectivity index (χ2n) is 6.27. The molecule has 1 aromatic heterocycles. The summed E-state index contributed by atoms with van der Waals surface area (Å²) >= 11 is 1.36. The number of carbonyl (C=O) groups excluding carboxylic acids is 2. The van der Waals surface area contributed by atoms with Crippen LogP contribution in [0, 0.1) is 0 Å². The highest BCUT2D eigenvalue weighted by Gasteiger charge is 2.10. The minimum atomic E-state index is -0.478. The molecule has 0 unspecified atom stereocenters. The number of benzene rings is 2. The van der Waals surface area contributed by atoms with Crippen molar-refractivity contribution < 1.29 is 23.5 Å². The van der Waals surface area contributed by atoms with Crippen LogP contribution >= 0.6 is 11.8 Å². The molecule has 2 N–H and O–H groups in total. The molecule has 0 saturated carbocycles. The van der Waals surface area contributed by atoms with Gasteiger partial charge in [-0.1, -0.05) is 30.3 Å². The summed E-state index contributed by atoms with van der Waals surface area (Å²) in [6.07, 6.45) is 1.58. The Hall–Kier alpha value is -3.46. The van der Waals surface area contributed by atoms with Gasteiger partial charge in [0.2, 0.25) is 11.8 Å². The normalized spacial score (nSPS) is 10.4. The molecule has 0 spiro atoms. The lowest BCUT2D eigenvalue weighted by Gasteiger charge is -2.12. The first-order valence-corrected chi connectivity index (χ1v) is 10.8. The van der Waals surface area contributed by atoms with E-state index in [1.165, 1.54) is 11.8 Å². The van der Waals surface area contributed by atoms with Crippen molar-refractivity contribution >= 4 is 23.6 Å². The Bertz CT molecular complexity index is 994. The summed E-state index contributed by atoms with van der Waals surface area (Å²) in [7, 11) is 0. The first kappa shape index (κ1) is 22.2. The Morgan fingerprint density at radius 3 is 2.39 bits per heavy atom. The predicted octanol–water partition coefficient (Wildman–Crippen LogP) is 3.20. The molecule has 0 radical (unpaired) electrons. The van der Waals surface area contributed by atoms with Crippen molar-refractivity contribution in [2.75, 3.05) is 19.0 Å². The number of aromatic nitrogens is 1. The average Bonchev–Trinajstić information content (AvgIpc) is 3.27. The average molecular weight is 442 g/mol. The molecule has 31 heavy (non-hydrogen) atoms. The highest BCUT2D eigenvalue weighted by Crippen LogP contribution is 2.26. The highest BCUT2D eigenvalue weighted by molar-refractivity contribution is 7.99. The number of nitrogens with one attached hydrogen (secondary N) is 2. The molecule has 2 aromatic carbocycles. The summed E-state index contributed by atoms with van der Waals surface area (Å²) in [6, 6.07) is 16.6. The number of carbonyl (C=O) groups is 2. The molecule has 162 valence electrons. The van der Waals surface area contributed by atoms with Crippen molar-refractivity contribution in [1.82, 2.24) is 15.8 Å². The number of oxazole rings is 1. The molecule has 0 saturated heterocycles. The lowest BCUT2D eigenvalue weighted by molar-refractivity contribution is -0.128. The zero-order valence-corrected chi connectivity index (χ0v) is 17.8. The lowest BCUT2D eigenvalue weighted by Crippen LogP contribution is -2.44. The smallest absolute Gasteiger partial charge is 0.276 e. The Labute approximate surface area is 184 Å². The van der Waals surface area contributed by atoms with Crippen molar-refractivity contribution in [2.24, 2.45) is 0 Å². The van der Waals surface area contributed by atoms with Crippen LogP contribution in [0.1, 0.15) is 12.6 Å². The fourth-order valence-electron chi connectivity index (χ4n) is 2.53.